The summed E-state index contributed by atoms with van der Waals surface area (Å²) in [6.07, 6.45) is 8.25. The maximum atomic E-state index is 14.0. The average Bonchev–Trinajstić information content (AvgIpc) is 3.69. The van der Waals surface area contributed by atoms with Crippen molar-refractivity contribution in [2.75, 3.05) is 20.8 Å². The number of Topliss-reactive ketones (excluding diaryl/α,β-unsaturated/α-hetero) is 1. The summed E-state index contributed by atoms with van der Waals surface area (Å²) in [5.41, 5.74) is 3.77. The van der Waals surface area contributed by atoms with Crippen molar-refractivity contribution in [2.45, 2.75) is 102 Å². The van der Waals surface area contributed by atoms with Crippen molar-refractivity contribution in [3.63, 3.8) is 0 Å². The summed E-state index contributed by atoms with van der Waals surface area (Å²) in [4.78, 5) is 32.7. The summed E-state index contributed by atoms with van der Waals surface area (Å²) >= 11 is 0. The number of allylic oxidation sites excluding steroid dienone is 2. The molecule has 0 aromatic carbocycles. The SMILES string of the molecule is CC[C@H]1CCCC[C@@H](C)C(=O)C2=CC3[C@@H]4C[C@H](OC(O)[C@H](COC)OC)CC4c4c(nc5ccccn45)[C@H]3[C@@H]2CC(=O)O1. The van der Waals surface area contributed by atoms with Crippen molar-refractivity contribution in [2.24, 2.45) is 23.7 Å². The number of pyridine rings is 1. The molecule has 1 saturated heterocycles. The normalized spacial score (nSPS) is 34.2. The van der Waals surface area contributed by atoms with Crippen molar-refractivity contribution < 1.29 is 33.6 Å². The third-order valence-corrected chi connectivity index (χ3v) is 10.5. The zero-order chi connectivity index (χ0) is 30.2. The van der Waals surface area contributed by atoms with Crippen molar-refractivity contribution >= 4 is 17.4 Å². The molecule has 43 heavy (non-hydrogen) atoms. The minimum Gasteiger partial charge on any atom is -0.462 e. The maximum Gasteiger partial charge on any atom is 0.306 e. The summed E-state index contributed by atoms with van der Waals surface area (Å²) in [5, 5.41) is 10.9. The van der Waals surface area contributed by atoms with E-state index in [1.54, 1.807) is 7.11 Å². The number of cyclic esters (lactones) is 1. The standard InChI is InChI=1S/C34H46N2O7/c1-5-20-11-7-6-10-19(2)33(38)26-16-23-22-14-21(43-34(39)27(41-4)18-40-3)15-25(22)32-31(30(23)24(26)17-29(37)42-20)35-28-12-8-9-13-36(28)32/h8-9,12-13,16,19-25,27,30,34,39H,5-7,10-11,14-15,17-18H2,1-4H3/t19-,20+,21+,22+,23?,24-,25?,27+,30-,34?/m1/s1. The molecule has 3 heterocycles. The van der Waals surface area contributed by atoms with E-state index in [-0.39, 0.29) is 72.5 Å². The lowest BCUT2D eigenvalue weighted by Gasteiger charge is -2.37. The first-order chi connectivity index (χ1) is 20.8. The van der Waals surface area contributed by atoms with E-state index in [4.69, 9.17) is 23.9 Å². The first-order valence-corrected chi connectivity index (χ1v) is 16.1. The Morgan fingerprint density at radius 2 is 1.95 bits per heavy atom. The molecule has 3 unspecified atom stereocenters. The third kappa shape index (κ3) is 5.70. The summed E-state index contributed by atoms with van der Waals surface area (Å²) in [6.45, 7) is 4.33. The van der Waals surface area contributed by atoms with Gasteiger partial charge in [0.25, 0.3) is 0 Å². The number of ketones is 1. The second-order valence-corrected chi connectivity index (χ2v) is 13.0. The number of methoxy groups -OCH3 is 2. The van der Waals surface area contributed by atoms with Crippen LogP contribution in [0, 0.1) is 23.7 Å². The zero-order valence-corrected chi connectivity index (χ0v) is 25.8. The van der Waals surface area contributed by atoms with Crippen molar-refractivity contribution in [3.05, 3.63) is 47.4 Å². The number of imidazole rings is 1. The Labute approximate surface area is 253 Å². The number of rotatable bonds is 7. The fraction of sp³-hybridized carbons (Fsp3) is 0.676. The van der Waals surface area contributed by atoms with Gasteiger partial charge in [0.15, 0.2) is 12.1 Å². The molecule has 2 fully saturated rings. The van der Waals surface area contributed by atoms with Crippen molar-refractivity contribution in [1.82, 2.24) is 9.38 Å². The maximum absolute atomic E-state index is 14.0. The lowest BCUT2D eigenvalue weighted by Crippen LogP contribution is -2.36. The number of nitrogens with zero attached hydrogens (tertiary/aromatic N) is 2. The molecule has 10 atom stereocenters. The van der Waals surface area contributed by atoms with E-state index < -0.39 is 12.4 Å². The molecular formula is C34H46N2O7. The van der Waals surface area contributed by atoms with Gasteiger partial charge in [-0.2, -0.15) is 0 Å². The van der Waals surface area contributed by atoms with Crippen LogP contribution in [-0.2, 0) is 28.5 Å². The van der Waals surface area contributed by atoms with Crippen LogP contribution in [0.3, 0.4) is 0 Å². The topological polar surface area (TPSA) is 109 Å². The van der Waals surface area contributed by atoms with Crippen LogP contribution < -0.4 is 0 Å². The van der Waals surface area contributed by atoms with Crippen LogP contribution in [0.25, 0.3) is 5.65 Å². The summed E-state index contributed by atoms with van der Waals surface area (Å²) in [5.74, 6) is -0.181. The Bertz CT molecular complexity index is 1350. The Morgan fingerprint density at radius 3 is 2.72 bits per heavy atom. The summed E-state index contributed by atoms with van der Waals surface area (Å²) in [7, 11) is 3.11. The molecule has 3 aliphatic carbocycles. The molecule has 1 saturated carbocycles. The second-order valence-electron chi connectivity index (χ2n) is 13.0. The van der Waals surface area contributed by atoms with Gasteiger partial charge in [0, 0.05) is 49.8 Å². The highest BCUT2D eigenvalue weighted by Crippen LogP contribution is 2.61. The Kier molecular flexibility index (Phi) is 9.06. The van der Waals surface area contributed by atoms with E-state index in [0.29, 0.717) is 0 Å². The van der Waals surface area contributed by atoms with Crippen LogP contribution in [0.15, 0.2) is 36.0 Å². The second kappa shape index (κ2) is 12.8. The number of aliphatic hydroxyl groups excluding tert-OH is 1. The van der Waals surface area contributed by atoms with Crippen molar-refractivity contribution in [1.29, 1.82) is 0 Å². The van der Waals surface area contributed by atoms with Crippen LogP contribution in [0.5, 0.6) is 0 Å². The largest absolute Gasteiger partial charge is 0.462 e. The lowest BCUT2D eigenvalue weighted by atomic mass is 9.66. The predicted octanol–water partition coefficient (Wildman–Crippen LogP) is 4.95. The quantitative estimate of drug-likeness (QED) is 0.354. The fourth-order valence-electron chi connectivity index (χ4n) is 8.39. The van der Waals surface area contributed by atoms with Gasteiger partial charge in [-0.05, 0) is 68.1 Å². The Balaban J connectivity index is 1.39. The molecule has 0 amide bonds. The molecule has 1 N–H and O–H groups in total. The average molecular weight is 595 g/mol. The van der Waals surface area contributed by atoms with Gasteiger partial charge in [-0.15, -0.1) is 0 Å². The van der Waals surface area contributed by atoms with E-state index in [9.17, 15) is 14.7 Å². The zero-order valence-electron chi connectivity index (χ0n) is 25.8. The van der Waals surface area contributed by atoms with Gasteiger partial charge in [0.05, 0.1) is 24.8 Å². The predicted molar refractivity (Wildman–Crippen MR) is 159 cm³/mol. The molecular weight excluding hydrogens is 548 g/mol. The molecule has 9 nitrogen and oxygen atoms in total. The van der Waals surface area contributed by atoms with E-state index in [0.717, 1.165) is 67.6 Å². The summed E-state index contributed by atoms with van der Waals surface area (Å²) in [6, 6.07) is 6.02. The van der Waals surface area contributed by atoms with E-state index in [1.807, 2.05) is 25.1 Å². The van der Waals surface area contributed by atoms with Crippen molar-refractivity contribution in [3.8, 4) is 0 Å². The minimum absolute atomic E-state index is 0.0430. The number of aromatic nitrogens is 2. The fourth-order valence-corrected chi connectivity index (χ4v) is 8.39. The number of carbonyl (C=O) groups excluding carboxylic acids is 2. The number of esters is 1. The number of aliphatic hydroxyl groups is 1. The first kappa shape index (κ1) is 30.4. The molecule has 234 valence electrons. The lowest BCUT2D eigenvalue weighted by molar-refractivity contribution is -0.204. The van der Waals surface area contributed by atoms with Gasteiger partial charge in [0.1, 0.15) is 17.9 Å². The number of fused-ring (bicyclic) bond motifs is 10. The van der Waals surface area contributed by atoms with Crippen LogP contribution in [-0.4, -0.2) is 71.7 Å². The molecule has 0 spiro atoms. The van der Waals surface area contributed by atoms with Crippen LogP contribution >= 0.6 is 0 Å². The molecule has 0 bridgehead atoms. The number of ether oxygens (including phenoxy) is 4. The Morgan fingerprint density at radius 1 is 1.14 bits per heavy atom. The number of hydrogen-bond donors (Lipinski definition) is 1. The highest BCUT2D eigenvalue weighted by molar-refractivity contribution is 5.99. The van der Waals surface area contributed by atoms with Crippen LogP contribution in [0.2, 0.25) is 0 Å². The molecule has 0 radical (unpaired) electrons. The monoisotopic (exact) mass is 594 g/mol. The van der Waals surface area contributed by atoms with E-state index in [1.165, 1.54) is 7.11 Å². The van der Waals surface area contributed by atoms with Gasteiger partial charge in [-0.25, -0.2) is 4.98 Å². The highest BCUT2D eigenvalue weighted by atomic mass is 16.6. The molecule has 2 aromatic rings. The van der Waals surface area contributed by atoms with Gasteiger partial charge in [0.2, 0.25) is 0 Å². The molecule has 4 aliphatic rings. The third-order valence-electron chi connectivity index (χ3n) is 10.5. The molecule has 2 aromatic heterocycles. The van der Waals surface area contributed by atoms with E-state index >= 15 is 0 Å². The van der Waals surface area contributed by atoms with E-state index in [2.05, 4.69) is 23.6 Å². The minimum atomic E-state index is -1.12. The smallest absolute Gasteiger partial charge is 0.306 e. The Hall–Kier alpha value is -2.59. The van der Waals surface area contributed by atoms with Gasteiger partial charge in [-0.3, -0.25) is 9.59 Å². The molecule has 6 rings (SSSR count). The van der Waals surface area contributed by atoms with Crippen LogP contribution in [0.4, 0.5) is 0 Å². The molecule has 1 aliphatic heterocycles. The van der Waals surface area contributed by atoms with Gasteiger partial charge in [-0.1, -0.05) is 32.4 Å². The number of carbonyl (C=O) groups is 2. The highest BCUT2D eigenvalue weighted by Gasteiger charge is 2.56. The van der Waals surface area contributed by atoms with Gasteiger partial charge >= 0.3 is 5.97 Å². The molecule has 9 heteroatoms. The summed E-state index contributed by atoms with van der Waals surface area (Å²) < 4.78 is 25.0. The van der Waals surface area contributed by atoms with Gasteiger partial charge < -0.3 is 28.5 Å². The number of hydrogen-bond acceptors (Lipinski definition) is 8. The first-order valence-electron chi connectivity index (χ1n) is 16.1. The van der Waals surface area contributed by atoms with Crippen LogP contribution in [0.1, 0.15) is 88.4 Å².